The van der Waals surface area contributed by atoms with Gasteiger partial charge >= 0.3 is 0 Å². The fourth-order valence-electron chi connectivity index (χ4n) is 1.79. The fourth-order valence-corrected chi connectivity index (χ4v) is 2.80. The standard InChI is InChI=1S/C13H17ClN2OS/c14-12-6-2-1-4-10(12)9-18-13(15)16-8-11-5-3-7-17-11/h1-2,4,6,11H,3,5,7-9H2,(H2,15,16)/t11-/m1/s1. The summed E-state index contributed by atoms with van der Waals surface area (Å²) in [5.41, 5.74) is 6.95. The van der Waals surface area contributed by atoms with Crippen molar-refractivity contribution in [3.05, 3.63) is 34.9 Å². The van der Waals surface area contributed by atoms with E-state index in [2.05, 4.69) is 4.99 Å². The number of nitrogens with zero attached hydrogens (tertiary/aromatic N) is 1. The highest BCUT2D eigenvalue weighted by Crippen LogP contribution is 2.21. The van der Waals surface area contributed by atoms with E-state index >= 15 is 0 Å². The molecular formula is C13H17ClN2OS. The molecule has 1 aliphatic rings. The maximum atomic E-state index is 6.07. The summed E-state index contributed by atoms with van der Waals surface area (Å²) in [6.45, 7) is 1.52. The van der Waals surface area contributed by atoms with Gasteiger partial charge in [-0.3, -0.25) is 4.99 Å². The van der Waals surface area contributed by atoms with Gasteiger partial charge in [-0.05, 0) is 24.5 Å². The quantitative estimate of drug-likeness (QED) is 0.683. The first kappa shape index (κ1) is 13.7. The zero-order valence-electron chi connectivity index (χ0n) is 10.1. The molecule has 0 bridgehead atoms. The molecule has 0 spiro atoms. The van der Waals surface area contributed by atoms with E-state index in [-0.39, 0.29) is 6.10 Å². The topological polar surface area (TPSA) is 47.6 Å². The fraction of sp³-hybridized carbons (Fsp3) is 0.462. The van der Waals surface area contributed by atoms with E-state index in [0.29, 0.717) is 11.7 Å². The molecule has 0 unspecified atom stereocenters. The molecular weight excluding hydrogens is 268 g/mol. The van der Waals surface area contributed by atoms with E-state index in [1.165, 1.54) is 11.8 Å². The van der Waals surface area contributed by atoms with Crippen LogP contribution in [-0.4, -0.2) is 24.4 Å². The lowest BCUT2D eigenvalue weighted by Crippen LogP contribution is -2.14. The lowest BCUT2D eigenvalue weighted by Gasteiger charge is -2.07. The number of ether oxygens (including phenoxy) is 1. The van der Waals surface area contributed by atoms with E-state index in [9.17, 15) is 0 Å². The molecule has 0 aromatic heterocycles. The van der Waals surface area contributed by atoms with Crippen molar-refractivity contribution in [2.24, 2.45) is 10.7 Å². The third kappa shape index (κ3) is 4.19. The van der Waals surface area contributed by atoms with Crippen LogP contribution in [0, 0.1) is 0 Å². The zero-order chi connectivity index (χ0) is 12.8. The van der Waals surface area contributed by atoms with Gasteiger partial charge in [0.15, 0.2) is 5.17 Å². The Balaban J connectivity index is 1.78. The Kier molecular flexibility index (Phi) is 5.35. The number of rotatable bonds is 4. The minimum absolute atomic E-state index is 0.254. The summed E-state index contributed by atoms with van der Waals surface area (Å²) >= 11 is 7.59. The summed E-state index contributed by atoms with van der Waals surface area (Å²) in [6, 6.07) is 7.78. The van der Waals surface area contributed by atoms with Crippen molar-refractivity contribution in [3.63, 3.8) is 0 Å². The number of nitrogens with two attached hydrogens (primary N) is 1. The molecule has 1 aromatic carbocycles. The number of thioether (sulfide) groups is 1. The Hall–Kier alpha value is -0.710. The molecule has 1 fully saturated rings. The van der Waals surface area contributed by atoms with Crippen molar-refractivity contribution in [3.8, 4) is 0 Å². The molecule has 2 rings (SSSR count). The third-order valence-corrected chi connectivity index (χ3v) is 4.06. The summed E-state index contributed by atoms with van der Waals surface area (Å²) in [4.78, 5) is 4.34. The van der Waals surface area contributed by atoms with Crippen LogP contribution in [0.4, 0.5) is 0 Å². The van der Waals surface area contributed by atoms with E-state index in [1.54, 1.807) is 0 Å². The number of benzene rings is 1. The predicted octanol–water partition coefficient (Wildman–Crippen LogP) is 3.07. The van der Waals surface area contributed by atoms with Gasteiger partial charge in [0.2, 0.25) is 0 Å². The molecule has 2 N–H and O–H groups in total. The normalized spacial score (nSPS) is 20.3. The van der Waals surface area contributed by atoms with Crippen molar-refractivity contribution >= 4 is 28.5 Å². The van der Waals surface area contributed by atoms with Crippen LogP contribution >= 0.6 is 23.4 Å². The largest absolute Gasteiger partial charge is 0.379 e. The average molecular weight is 285 g/mol. The van der Waals surface area contributed by atoms with Gasteiger partial charge in [0.25, 0.3) is 0 Å². The second-order valence-corrected chi connectivity index (χ2v) is 5.60. The SMILES string of the molecule is NC(=NC[C@H]1CCCO1)SCc1ccccc1Cl. The minimum Gasteiger partial charge on any atom is -0.379 e. The van der Waals surface area contributed by atoms with Crippen LogP contribution in [0.2, 0.25) is 5.02 Å². The van der Waals surface area contributed by atoms with Gasteiger partial charge in [-0.25, -0.2) is 0 Å². The van der Waals surface area contributed by atoms with Gasteiger partial charge < -0.3 is 10.5 Å². The molecule has 0 saturated carbocycles. The highest BCUT2D eigenvalue weighted by atomic mass is 35.5. The van der Waals surface area contributed by atoms with Gasteiger partial charge in [0.1, 0.15) is 0 Å². The van der Waals surface area contributed by atoms with E-state index in [1.807, 2.05) is 24.3 Å². The lowest BCUT2D eigenvalue weighted by atomic mass is 10.2. The summed E-state index contributed by atoms with van der Waals surface area (Å²) in [5.74, 6) is 0.751. The second kappa shape index (κ2) is 7.02. The van der Waals surface area contributed by atoms with Crippen molar-refractivity contribution in [1.82, 2.24) is 0 Å². The first-order valence-electron chi connectivity index (χ1n) is 6.03. The first-order chi connectivity index (χ1) is 8.75. The highest BCUT2D eigenvalue weighted by molar-refractivity contribution is 8.13. The molecule has 98 valence electrons. The smallest absolute Gasteiger partial charge is 0.154 e. The predicted molar refractivity (Wildman–Crippen MR) is 78.2 cm³/mol. The van der Waals surface area contributed by atoms with Gasteiger partial charge in [-0.1, -0.05) is 41.6 Å². The molecule has 3 nitrogen and oxygen atoms in total. The number of amidine groups is 1. The Bertz CT molecular complexity index is 419. The second-order valence-electron chi connectivity index (χ2n) is 4.19. The van der Waals surface area contributed by atoms with Crippen LogP contribution in [0.3, 0.4) is 0 Å². The van der Waals surface area contributed by atoms with Crippen molar-refractivity contribution in [2.45, 2.75) is 24.7 Å². The van der Waals surface area contributed by atoms with Crippen LogP contribution in [0.25, 0.3) is 0 Å². The summed E-state index contributed by atoms with van der Waals surface area (Å²) in [7, 11) is 0. The Morgan fingerprint density at radius 1 is 1.50 bits per heavy atom. The Labute approximate surface area is 117 Å². The maximum absolute atomic E-state index is 6.07. The number of aliphatic imine (C=N–C) groups is 1. The van der Waals surface area contributed by atoms with E-state index in [4.69, 9.17) is 22.1 Å². The molecule has 1 atom stereocenters. The molecule has 0 amide bonds. The van der Waals surface area contributed by atoms with Gasteiger partial charge in [0.05, 0.1) is 12.6 Å². The monoisotopic (exact) mass is 284 g/mol. The van der Waals surface area contributed by atoms with Crippen LogP contribution in [-0.2, 0) is 10.5 Å². The van der Waals surface area contributed by atoms with Gasteiger partial charge in [-0.15, -0.1) is 0 Å². The minimum atomic E-state index is 0.254. The first-order valence-corrected chi connectivity index (χ1v) is 7.40. The molecule has 0 radical (unpaired) electrons. The molecule has 18 heavy (non-hydrogen) atoms. The van der Waals surface area contributed by atoms with Crippen LogP contribution in [0.5, 0.6) is 0 Å². The van der Waals surface area contributed by atoms with Crippen LogP contribution in [0.1, 0.15) is 18.4 Å². The molecule has 1 saturated heterocycles. The maximum Gasteiger partial charge on any atom is 0.154 e. The van der Waals surface area contributed by atoms with Gasteiger partial charge in [0, 0.05) is 17.4 Å². The van der Waals surface area contributed by atoms with Crippen LogP contribution in [0.15, 0.2) is 29.3 Å². The zero-order valence-corrected chi connectivity index (χ0v) is 11.7. The average Bonchev–Trinajstić information content (AvgIpc) is 2.88. The molecule has 1 aliphatic heterocycles. The summed E-state index contributed by atoms with van der Waals surface area (Å²) in [5, 5.41) is 1.38. The number of halogens is 1. The number of hydrogen-bond donors (Lipinski definition) is 1. The van der Waals surface area contributed by atoms with E-state index < -0.39 is 0 Å². The molecule has 0 aliphatic carbocycles. The van der Waals surface area contributed by atoms with Gasteiger partial charge in [-0.2, -0.15) is 0 Å². The van der Waals surface area contributed by atoms with Crippen molar-refractivity contribution < 1.29 is 4.74 Å². The van der Waals surface area contributed by atoms with Crippen LogP contribution < -0.4 is 5.73 Å². The lowest BCUT2D eigenvalue weighted by molar-refractivity contribution is 0.118. The summed E-state index contributed by atoms with van der Waals surface area (Å²) in [6.07, 6.45) is 2.48. The van der Waals surface area contributed by atoms with Crippen molar-refractivity contribution in [1.29, 1.82) is 0 Å². The molecule has 1 aromatic rings. The van der Waals surface area contributed by atoms with Crippen molar-refractivity contribution in [2.75, 3.05) is 13.2 Å². The highest BCUT2D eigenvalue weighted by Gasteiger charge is 2.14. The molecule has 1 heterocycles. The number of hydrogen-bond acceptors (Lipinski definition) is 3. The van der Waals surface area contributed by atoms with E-state index in [0.717, 1.165) is 35.8 Å². The Morgan fingerprint density at radius 3 is 3.06 bits per heavy atom. The third-order valence-electron chi connectivity index (χ3n) is 2.81. The summed E-state index contributed by atoms with van der Waals surface area (Å²) < 4.78 is 5.49. The Morgan fingerprint density at radius 2 is 2.33 bits per heavy atom. The molecule has 5 heteroatoms.